The van der Waals surface area contributed by atoms with Crippen molar-refractivity contribution in [2.75, 3.05) is 13.1 Å². The second kappa shape index (κ2) is 9.68. The van der Waals surface area contributed by atoms with Gasteiger partial charge in [0.25, 0.3) is 5.91 Å². The molecule has 2 fully saturated rings. The molecule has 2 aromatic rings. The van der Waals surface area contributed by atoms with Crippen LogP contribution in [0.3, 0.4) is 0 Å². The summed E-state index contributed by atoms with van der Waals surface area (Å²) >= 11 is 0. The van der Waals surface area contributed by atoms with E-state index in [0.717, 1.165) is 56.3 Å². The van der Waals surface area contributed by atoms with E-state index in [1.807, 2.05) is 46.0 Å². The number of benzene rings is 1. The number of aliphatic imine (C=N–C) groups is 1. The highest BCUT2D eigenvalue weighted by Gasteiger charge is 2.41. The molecule has 1 aromatic heterocycles. The van der Waals surface area contributed by atoms with Gasteiger partial charge in [-0.1, -0.05) is 49.2 Å². The smallest absolute Gasteiger partial charge is 0.316 e. The third kappa shape index (κ3) is 4.51. The number of allylic oxidation sites excluding steroid dienone is 2. The van der Waals surface area contributed by atoms with Crippen molar-refractivity contribution in [1.29, 1.82) is 0 Å². The van der Waals surface area contributed by atoms with Crippen LogP contribution in [0.1, 0.15) is 73.2 Å². The predicted molar refractivity (Wildman–Crippen MR) is 138 cm³/mol. The molecule has 0 unspecified atom stereocenters. The molecule has 3 heterocycles. The molecular formula is C29H34N4O3. The van der Waals surface area contributed by atoms with Crippen LogP contribution in [-0.4, -0.2) is 39.7 Å². The molecule has 0 bridgehead atoms. The van der Waals surface area contributed by atoms with Gasteiger partial charge in [-0.2, -0.15) is 4.98 Å². The van der Waals surface area contributed by atoms with Crippen LogP contribution in [0.4, 0.5) is 0 Å². The van der Waals surface area contributed by atoms with E-state index < -0.39 is 5.56 Å². The number of aromatic nitrogens is 2. The Morgan fingerprint density at radius 2 is 1.83 bits per heavy atom. The lowest BCUT2D eigenvalue weighted by atomic mass is 9.78. The minimum Gasteiger partial charge on any atom is -0.481 e. The van der Waals surface area contributed by atoms with E-state index in [4.69, 9.17) is 9.73 Å². The van der Waals surface area contributed by atoms with Gasteiger partial charge in [-0.05, 0) is 50.0 Å². The molecule has 36 heavy (non-hydrogen) atoms. The fraction of sp³-hybridized carbons (Fsp3) is 0.517. The van der Waals surface area contributed by atoms with Crippen molar-refractivity contribution < 1.29 is 9.53 Å². The fourth-order valence-corrected chi connectivity index (χ4v) is 6.03. The second-order valence-electron chi connectivity index (χ2n) is 10.8. The van der Waals surface area contributed by atoms with Gasteiger partial charge < -0.3 is 14.2 Å². The van der Waals surface area contributed by atoms with Crippen molar-refractivity contribution in [3.05, 3.63) is 69.5 Å². The third-order valence-corrected chi connectivity index (χ3v) is 8.17. The molecule has 7 heteroatoms. The Hall–Kier alpha value is -3.22. The highest BCUT2D eigenvalue weighted by atomic mass is 16.5. The summed E-state index contributed by atoms with van der Waals surface area (Å²) in [6, 6.07) is 9.73. The number of rotatable bonds is 8. The maximum absolute atomic E-state index is 13.8. The zero-order valence-electron chi connectivity index (χ0n) is 20.8. The number of carbonyl (C=O) groups excluding carboxylic acids is 1. The first kappa shape index (κ1) is 23.2. The van der Waals surface area contributed by atoms with Gasteiger partial charge in [-0.25, -0.2) is 0 Å². The second-order valence-corrected chi connectivity index (χ2v) is 10.8. The Bertz CT molecular complexity index is 1250. The first-order valence-electron chi connectivity index (χ1n) is 13.5. The van der Waals surface area contributed by atoms with Crippen molar-refractivity contribution in [2.24, 2.45) is 16.3 Å². The molecule has 0 atom stereocenters. The number of hydrogen-bond donors (Lipinski definition) is 0. The van der Waals surface area contributed by atoms with Gasteiger partial charge in [0.15, 0.2) is 5.69 Å². The monoisotopic (exact) mass is 486 g/mol. The van der Waals surface area contributed by atoms with E-state index in [-0.39, 0.29) is 23.7 Å². The molecule has 0 radical (unpaired) electrons. The lowest BCUT2D eigenvalue weighted by molar-refractivity contribution is 0.0680. The van der Waals surface area contributed by atoms with Crippen molar-refractivity contribution in [3.63, 3.8) is 0 Å². The van der Waals surface area contributed by atoms with E-state index in [2.05, 4.69) is 11.1 Å². The number of ether oxygens (including phenoxy) is 1. The number of fused-ring (bicyclic) bond motifs is 1. The third-order valence-electron chi connectivity index (χ3n) is 8.17. The van der Waals surface area contributed by atoms with Gasteiger partial charge in [0.1, 0.15) is 12.4 Å². The molecule has 0 saturated heterocycles. The highest BCUT2D eigenvalue weighted by Crippen LogP contribution is 2.48. The lowest BCUT2D eigenvalue weighted by Gasteiger charge is -2.35. The molecule has 2 aliphatic carbocycles. The largest absolute Gasteiger partial charge is 0.481 e. The summed E-state index contributed by atoms with van der Waals surface area (Å²) in [6.45, 7) is 2.27. The summed E-state index contributed by atoms with van der Waals surface area (Å²) in [5.74, 6) is 1.26. The molecule has 1 amide bonds. The predicted octanol–water partition coefficient (Wildman–Crippen LogP) is 4.54. The summed E-state index contributed by atoms with van der Waals surface area (Å²) in [6.07, 6.45) is 13.6. The van der Waals surface area contributed by atoms with Crippen LogP contribution in [0.2, 0.25) is 0 Å². The summed E-state index contributed by atoms with van der Waals surface area (Å²) in [4.78, 5) is 38.4. The zero-order valence-corrected chi connectivity index (χ0v) is 20.8. The average molecular weight is 487 g/mol. The minimum absolute atomic E-state index is 0.0866. The van der Waals surface area contributed by atoms with Crippen LogP contribution >= 0.6 is 0 Å². The molecule has 188 valence electrons. The fourth-order valence-electron chi connectivity index (χ4n) is 6.03. The van der Waals surface area contributed by atoms with Crippen molar-refractivity contribution in [3.8, 4) is 5.75 Å². The highest BCUT2D eigenvalue weighted by molar-refractivity contribution is 5.96. The summed E-state index contributed by atoms with van der Waals surface area (Å²) < 4.78 is 8.04. The topological polar surface area (TPSA) is 76.8 Å². The number of carbonyl (C=O) groups is 1. The van der Waals surface area contributed by atoms with Gasteiger partial charge in [0.2, 0.25) is 5.75 Å². The van der Waals surface area contributed by atoms with Crippen LogP contribution in [0.15, 0.2) is 51.9 Å². The van der Waals surface area contributed by atoms with Gasteiger partial charge >= 0.3 is 5.56 Å². The molecule has 4 aliphatic rings. The maximum Gasteiger partial charge on any atom is 0.316 e. The molecule has 1 aromatic carbocycles. The Kier molecular flexibility index (Phi) is 6.23. The molecule has 2 saturated carbocycles. The quantitative estimate of drug-likeness (QED) is 0.549. The van der Waals surface area contributed by atoms with E-state index in [9.17, 15) is 9.59 Å². The van der Waals surface area contributed by atoms with Crippen LogP contribution in [0, 0.1) is 11.3 Å². The summed E-state index contributed by atoms with van der Waals surface area (Å²) in [5.41, 5.74) is 1.91. The minimum atomic E-state index is -0.442. The normalized spacial score (nSPS) is 20.8. The Morgan fingerprint density at radius 1 is 1.03 bits per heavy atom. The number of nitrogens with zero attached hydrogens (tertiary/aromatic N) is 4. The Morgan fingerprint density at radius 3 is 2.56 bits per heavy atom. The molecule has 0 spiro atoms. The van der Waals surface area contributed by atoms with Gasteiger partial charge in [-0.15, -0.1) is 0 Å². The lowest BCUT2D eigenvalue weighted by Crippen LogP contribution is -2.45. The number of hydrogen-bond acceptors (Lipinski definition) is 5. The van der Waals surface area contributed by atoms with Crippen molar-refractivity contribution >= 4 is 12.1 Å². The van der Waals surface area contributed by atoms with Gasteiger partial charge in [0.05, 0.1) is 0 Å². The first-order chi connectivity index (χ1) is 17.6. The van der Waals surface area contributed by atoms with Crippen LogP contribution < -0.4 is 10.3 Å². The summed E-state index contributed by atoms with van der Waals surface area (Å²) in [7, 11) is 0. The zero-order chi connectivity index (χ0) is 24.5. The first-order valence-corrected chi connectivity index (χ1v) is 13.5. The Balaban J connectivity index is 1.38. The number of amides is 1. The SMILES string of the molecule is O=C1c2c(OCc3ccccc3)c(=O)nc(CC3(C4=CCCC=N4)CCCC3)n2CCN1CC1CC1. The summed E-state index contributed by atoms with van der Waals surface area (Å²) in [5, 5.41) is 0. The van der Waals surface area contributed by atoms with E-state index in [1.165, 1.54) is 12.8 Å². The van der Waals surface area contributed by atoms with Crippen LogP contribution in [0.5, 0.6) is 5.75 Å². The molecule has 0 N–H and O–H groups in total. The molecule has 6 rings (SSSR count). The van der Waals surface area contributed by atoms with Gasteiger partial charge in [-0.3, -0.25) is 14.6 Å². The average Bonchev–Trinajstić information content (AvgIpc) is 3.60. The standard InChI is InChI=1S/C29H34N4O3/c34-27-26(36-20-22-8-2-1-3-9-22)25-28(35)32(19-21-11-12-21)16-17-33(25)24(31-27)18-29(13-5-6-14-29)23-10-4-7-15-30-23/h1-3,8-10,15,21H,4-7,11-14,16-20H2. The molecular weight excluding hydrogens is 452 g/mol. The van der Waals surface area contributed by atoms with Gasteiger partial charge in [0, 0.05) is 43.4 Å². The van der Waals surface area contributed by atoms with E-state index >= 15 is 0 Å². The van der Waals surface area contributed by atoms with E-state index in [1.54, 1.807) is 0 Å². The van der Waals surface area contributed by atoms with Crippen LogP contribution in [-0.2, 0) is 19.6 Å². The van der Waals surface area contributed by atoms with Crippen molar-refractivity contribution in [2.45, 2.75) is 70.9 Å². The van der Waals surface area contributed by atoms with Crippen molar-refractivity contribution in [1.82, 2.24) is 14.5 Å². The Labute approximate surface area is 211 Å². The maximum atomic E-state index is 13.8. The molecule has 7 nitrogen and oxygen atoms in total. The molecule has 2 aliphatic heterocycles. The van der Waals surface area contributed by atoms with E-state index in [0.29, 0.717) is 36.9 Å². The van der Waals surface area contributed by atoms with Crippen LogP contribution in [0.25, 0.3) is 0 Å².